The molecule has 4 rings (SSSR count). The van der Waals surface area contributed by atoms with Gasteiger partial charge in [0, 0.05) is 0 Å². The van der Waals surface area contributed by atoms with Gasteiger partial charge in [-0.1, -0.05) is 6.07 Å². The predicted octanol–water partition coefficient (Wildman–Crippen LogP) is 2.70. The average Bonchev–Trinajstić information content (AvgIpc) is 3.34. The SMILES string of the molecule is O=C(Nc1c2c(cc3c1CCC3)CCC2)OC(Cn1cc(F)cn1)C(=O)O. The van der Waals surface area contributed by atoms with Gasteiger partial charge in [-0.25, -0.2) is 14.0 Å². The van der Waals surface area contributed by atoms with Crippen molar-refractivity contribution in [1.29, 1.82) is 0 Å². The first-order valence-corrected chi connectivity index (χ1v) is 9.06. The van der Waals surface area contributed by atoms with E-state index in [1.54, 1.807) is 0 Å². The van der Waals surface area contributed by atoms with Crippen molar-refractivity contribution in [2.24, 2.45) is 0 Å². The van der Waals surface area contributed by atoms with Crippen molar-refractivity contribution in [2.75, 3.05) is 5.32 Å². The van der Waals surface area contributed by atoms with Gasteiger partial charge in [-0.2, -0.15) is 5.10 Å². The Morgan fingerprint density at radius 3 is 2.44 bits per heavy atom. The van der Waals surface area contributed by atoms with E-state index in [2.05, 4.69) is 16.5 Å². The van der Waals surface area contributed by atoms with Gasteiger partial charge in [-0.3, -0.25) is 10.00 Å². The molecular formula is C19H20FN3O4. The summed E-state index contributed by atoms with van der Waals surface area (Å²) in [6.07, 6.45) is 5.61. The Kier molecular flexibility index (Phi) is 4.55. The second kappa shape index (κ2) is 7.02. The Labute approximate surface area is 155 Å². The van der Waals surface area contributed by atoms with Crippen LogP contribution in [0.5, 0.6) is 0 Å². The smallest absolute Gasteiger partial charge is 0.412 e. The van der Waals surface area contributed by atoms with Crippen LogP contribution in [-0.2, 0) is 41.8 Å². The maximum atomic E-state index is 13.0. The molecule has 2 aromatic rings. The number of halogens is 1. The molecule has 0 saturated heterocycles. The largest absolute Gasteiger partial charge is 0.478 e. The molecule has 0 bridgehead atoms. The Morgan fingerprint density at radius 2 is 1.89 bits per heavy atom. The lowest BCUT2D eigenvalue weighted by Crippen LogP contribution is -2.33. The number of fused-ring (bicyclic) bond motifs is 2. The van der Waals surface area contributed by atoms with Gasteiger partial charge in [0.15, 0.2) is 5.82 Å². The quantitative estimate of drug-likeness (QED) is 0.841. The van der Waals surface area contributed by atoms with Crippen molar-refractivity contribution in [3.8, 4) is 0 Å². The van der Waals surface area contributed by atoms with Gasteiger partial charge >= 0.3 is 12.1 Å². The van der Waals surface area contributed by atoms with E-state index in [0.29, 0.717) is 0 Å². The minimum Gasteiger partial charge on any atom is -0.478 e. The Bertz CT molecular complexity index is 876. The number of hydrogen-bond donors (Lipinski definition) is 2. The molecule has 8 heteroatoms. The fourth-order valence-electron chi connectivity index (χ4n) is 4.00. The van der Waals surface area contributed by atoms with Gasteiger partial charge in [0.2, 0.25) is 6.10 Å². The van der Waals surface area contributed by atoms with Crippen LogP contribution in [0.2, 0.25) is 0 Å². The number of rotatable bonds is 5. The maximum Gasteiger partial charge on any atom is 0.412 e. The molecule has 2 aliphatic carbocycles. The molecule has 0 saturated carbocycles. The molecular weight excluding hydrogens is 353 g/mol. The van der Waals surface area contributed by atoms with Crippen molar-refractivity contribution in [3.63, 3.8) is 0 Å². The second-order valence-corrected chi connectivity index (χ2v) is 6.97. The zero-order valence-corrected chi connectivity index (χ0v) is 14.7. The number of nitrogens with one attached hydrogen (secondary N) is 1. The molecule has 1 aromatic heterocycles. The number of carbonyl (C=O) groups is 2. The van der Waals surface area contributed by atoms with Crippen molar-refractivity contribution < 1.29 is 23.8 Å². The van der Waals surface area contributed by atoms with Gasteiger partial charge < -0.3 is 9.84 Å². The lowest BCUT2D eigenvalue weighted by atomic mass is 9.99. The number of carbonyl (C=O) groups excluding carboxylic acids is 1. The molecule has 1 amide bonds. The molecule has 2 aliphatic rings. The number of aromatic nitrogens is 2. The Balaban J connectivity index is 1.51. The molecule has 1 atom stereocenters. The van der Waals surface area contributed by atoms with Crippen LogP contribution >= 0.6 is 0 Å². The van der Waals surface area contributed by atoms with Gasteiger partial charge in [-0.15, -0.1) is 0 Å². The van der Waals surface area contributed by atoms with Crippen molar-refractivity contribution in [3.05, 3.63) is 46.5 Å². The molecule has 2 N–H and O–H groups in total. The van der Waals surface area contributed by atoms with Gasteiger partial charge in [0.25, 0.3) is 0 Å². The van der Waals surface area contributed by atoms with E-state index in [0.717, 1.165) is 72.4 Å². The number of carboxylic acid groups (broad SMARTS) is 1. The third-order valence-electron chi connectivity index (χ3n) is 5.18. The normalized spacial score (nSPS) is 15.9. The number of aliphatic carboxylic acids is 1. The van der Waals surface area contributed by atoms with Crippen molar-refractivity contribution >= 4 is 17.7 Å². The van der Waals surface area contributed by atoms with Gasteiger partial charge in [0.05, 0.1) is 24.6 Å². The summed E-state index contributed by atoms with van der Waals surface area (Å²) in [6.45, 7) is -0.266. The first-order valence-electron chi connectivity index (χ1n) is 9.06. The highest BCUT2D eigenvalue weighted by Gasteiger charge is 2.28. The van der Waals surface area contributed by atoms with Crippen LogP contribution in [0.3, 0.4) is 0 Å². The van der Waals surface area contributed by atoms with Crippen LogP contribution in [0.25, 0.3) is 0 Å². The topological polar surface area (TPSA) is 93.5 Å². The summed E-state index contributed by atoms with van der Waals surface area (Å²) in [4.78, 5) is 23.9. The monoisotopic (exact) mass is 373 g/mol. The summed E-state index contributed by atoms with van der Waals surface area (Å²) in [5.41, 5.74) is 5.57. The highest BCUT2D eigenvalue weighted by Crippen LogP contribution is 2.38. The lowest BCUT2D eigenvalue weighted by molar-refractivity contribution is -0.147. The van der Waals surface area contributed by atoms with E-state index < -0.39 is 24.0 Å². The molecule has 0 radical (unpaired) electrons. The molecule has 0 spiro atoms. The predicted molar refractivity (Wildman–Crippen MR) is 94.2 cm³/mol. The van der Waals surface area contributed by atoms with Crippen LogP contribution in [0.1, 0.15) is 35.1 Å². The minimum absolute atomic E-state index is 0.266. The van der Waals surface area contributed by atoms with Crippen molar-refractivity contribution in [2.45, 2.75) is 51.2 Å². The van der Waals surface area contributed by atoms with Crippen LogP contribution in [0.4, 0.5) is 14.9 Å². The van der Waals surface area contributed by atoms with E-state index in [-0.39, 0.29) is 6.54 Å². The maximum absolute atomic E-state index is 13.0. The molecule has 1 heterocycles. The Morgan fingerprint density at radius 1 is 1.22 bits per heavy atom. The van der Waals surface area contributed by atoms with Gasteiger partial charge in [-0.05, 0) is 60.8 Å². The van der Waals surface area contributed by atoms with Crippen LogP contribution in [-0.4, -0.2) is 33.1 Å². The van der Waals surface area contributed by atoms with E-state index in [9.17, 15) is 19.1 Å². The first-order chi connectivity index (χ1) is 13.0. The first kappa shape index (κ1) is 17.5. The molecule has 1 aromatic carbocycles. The number of amides is 1. The van der Waals surface area contributed by atoms with Gasteiger partial charge in [0.1, 0.15) is 0 Å². The summed E-state index contributed by atoms with van der Waals surface area (Å²) in [6, 6.07) is 2.24. The molecule has 27 heavy (non-hydrogen) atoms. The summed E-state index contributed by atoms with van der Waals surface area (Å²) < 4.78 is 19.2. The van der Waals surface area contributed by atoms with Crippen LogP contribution < -0.4 is 5.32 Å². The summed E-state index contributed by atoms with van der Waals surface area (Å²) >= 11 is 0. The molecule has 1 unspecified atom stereocenters. The summed E-state index contributed by atoms with van der Waals surface area (Å²) in [7, 11) is 0. The number of ether oxygens (including phenoxy) is 1. The number of aryl methyl sites for hydroxylation is 2. The highest BCUT2D eigenvalue weighted by atomic mass is 19.1. The van der Waals surface area contributed by atoms with E-state index >= 15 is 0 Å². The third-order valence-corrected chi connectivity index (χ3v) is 5.18. The number of anilines is 1. The number of carboxylic acids is 1. The lowest BCUT2D eigenvalue weighted by Gasteiger charge is -2.18. The average molecular weight is 373 g/mol. The second-order valence-electron chi connectivity index (χ2n) is 6.97. The fourth-order valence-corrected chi connectivity index (χ4v) is 4.00. The molecule has 0 fully saturated rings. The summed E-state index contributed by atoms with van der Waals surface area (Å²) in [5, 5.41) is 15.8. The molecule has 142 valence electrons. The zero-order valence-electron chi connectivity index (χ0n) is 14.7. The third kappa shape index (κ3) is 3.51. The fraction of sp³-hybridized carbons (Fsp3) is 0.421. The highest BCUT2D eigenvalue weighted by molar-refractivity contribution is 5.90. The van der Waals surface area contributed by atoms with E-state index in [1.807, 2.05) is 0 Å². The number of hydrogen-bond acceptors (Lipinski definition) is 4. The van der Waals surface area contributed by atoms with E-state index in [1.165, 1.54) is 11.1 Å². The summed E-state index contributed by atoms with van der Waals surface area (Å²) in [5.74, 6) is -1.90. The van der Waals surface area contributed by atoms with Crippen molar-refractivity contribution in [1.82, 2.24) is 9.78 Å². The van der Waals surface area contributed by atoms with Crippen LogP contribution in [0, 0.1) is 5.82 Å². The number of benzene rings is 1. The molecule has 7 nitrogen and oxygen atoms in total. The zero-order chi connectivity index (χ0) is 19.0. The molecule has 0 aliphatic heterocycles. The van der Waals surface area contributed by atoms with E-state index in [4.69, 9.17) is 4.74 Å². The Hall–Kier alpha value is -2.90. The number of nitrogens with zero attached hydrogens (tertiary/aromatic N) is 2. The minimum atomic E-state index is -1.46. The van der Waals surface area contributed by atoms with Crippen LogP contribution in [0.15, 0.2) is 18.5 Å². The standard InChI is InChI=1S/C19H20FN3O4/c20-13-8-21-23(9-13)10-16(18(24)25)27-19(26)22-17-14-5-1-3-11(14)7-12-4-2-6-15(12)17/h7-9,16H,1-6,10H2,(H,22,26)(H,24,25).